The fraction of sp³-hybridized carbons (Fsp3) is 0.259. The topological polar surface area (TPSA) is 74.8 Å². The highest BCUT2D eigenvalue weighted by Crippen LogP contribution is 2.53. The molecule has 3 aromatic rings. The molecular weight excluding hydrogens is 448 g/mol. The van der Waals surface area contributed by atoms with Crippen molar-refractivity contribution in [1.82, 2.24) is 0 Å². The Morgan fingerprint density at radius 1 is 0.853 bits per heavy atom. The summed E-state index contributed by atoms with van der Waals surface area (Å²) in [4.78, 5) is 28.1. The molecule has 0 aliphatic carbocycles. The van der Waals surface area contributed by atoms with E-state index in [0.29, 0.717) is 16.9 Å². The molecular formula is C27H26N2O4S. The quantitative estimate of drug-likeness (QED) is 0.573. The number of fused-ring (bicyclic) bond motifs is 2. The minimum absolute atomic E-state index is 0.218. The van der Waals surface area contributed by atoms with Crippen molar-refractivity contribution < 1.29 is 18.0 Å². The van der Waals surface area contributed by atoms with Gasteiger partial charge >= 0.3 is 0 Å². The molecule has 1 saturated heterocycles. The first-order valence-corrected chi connectivity index (χ1v) is 12.8. The van der Waals surface area contributed by atoms with Gasteiger partial charge in [-0.3, -0.25) is 14.5 Å². The lowest BCUT2D eigenvalue weighted by atomic mass is 10.0. The summed E-state index contributed by atoms with van der Waals surface area (Å²) < 4.78 is 27.5. The highest BCUT2D eigenvalue weighted by atomic mass is 32.2. The number of aryl methyl sites for hydroxylation is 4. The maximum atomic E-state index is 14.3. The van der Waals surface area contributed by atoms with Crippen LogP contribution < -0.4 is 9.80 Å². The molecule has 7 heteroatoms. The van der Waals surface area contributed by atoms with Crippen molar-refractivity contribution >= 4 is 33.0 Å². The molecule has 2 amide bonds. The fourth-order valence-electron chi connectivity index (χ4n) is 5.27. The zero-order valence-corrected chi connectivity index (χ0v) is 20.4. The van der Waals surface area contributed by atoms with E-state index in [1.54, 1.807) is 36.4 Å². The minimum atomic E-state index is -4.18. The van der Waals surface area contributed by atoms with Crippen LogP contribution in [-0.2, 0) is 30.8 Å². The molecule has 5 rings (SSSR count). The van der Waals surface area contributed by atoms with E-state index in [1.807, 2.05) is 52.0 Å². The molecule has 34 heavy (non-hydrogen) atoms. The number of carbonyl (C=O) groups is 2. The molecule has 174 valence electrons. The average Bonchev–Trinajstić information content (AvgIpc) is 3.13. The van der Waals surface area contributed by atoms with Gasteiger partial charge in [0.05, 0.1) is 12.2 Å². The van der Waals surface area contributed by atoms with Gasteiger partial charge in [-0.2, -0.15) is 0 Å². The lowest BCUT2D eigenvalue weighted by Crippen LogP contribution is -2.54. The van der Waals surface area contributed by atoms with Crippen LogP contribution in [0.4, 0.5) is 11.4 Å². The Labute approximate surface area is 199 Å². The van der Waals surface area contributed by atoms with Gasteiger partial charge < -0.3 is 4.90 Å². The molecule has 0 aromatic heterocycles. The SMILES string of the molecule is Cc1cc(C)cc(N2C(=O)CS(=O)(=O)C23C(=O)N(Cc2cc(C)ccc2C)c2ccccc23)c1. The summed E-state index contributed by atoms with van der Waals surface area (Å²) in [5.41, 5.74) is 6.02. The van der Waals surface area contributed by atoms with Gasteiger partial charge in [0.1, 0.15) is 5.75 Å². The number of amides is 2. The Morgan fingerprint density at radius 2 is 1.53 bits per heavy atom. The van der Waals surface area contributed by atoms with E-state index in [2.05, 4.69) is 0 Å². The third kappa shape index (κ3) is 3.03. The summed E-state index contributed by atoms with van der Waals surface area (Å²) in [7, 11) is -4.18. The van der Waals surface area contributed by atoms with E-state index >= 15 is 0 Å². The summed E-state index contributed by atoms with van der Waals surface area (Å²) >= 11 is 0. The first-order valence-electron chi connectivity index (χ1n) is 11.2. The molecule has 0 N–H and O–H groups in total. The van der Waals surface area contributed by atoms with Crippen molar-refractivity contribution in [3.63, 3.8) is 0 Å². The standard InChI is InChI=1S/C27H26N2O4S/c1-17-9-10-20(4)21(12-17)15-28-24-8-6-5-7-23(24)27(26(28)31)29(25(30)16-34(27,32)33)22-13-18(2)11-19(3)14-22/h5-14H,15-16H2,1-4H3. The smallest absolute Gasteiger partial charge is 0.274 e. The van der Waals surface area contributed by atoms with Crippen molar-refractivity contribution in [1.29, 1.82) is 0 Å². The zero-order chi connectivity index (χ0) is 24.4. The molecule has 6 nitrogen and oxygen atoms in total. The van der Waals surface area contributed by atoms with Crippen molar-refractivity contribution in [3.05, 3.63) is 94.0 Å². The molecule has 2 heterocycles. The number of carbonyl (C=O) groups excluding carboxylic acids is 2. The number of para-hydroxylation sites is 1. The number of sulfone groups is 1. The number of nitrogens with zero attached hydrogens (tertiary/aromatic N) is 2. The van der Waals surface area contributed by atoms with Gasteiger partial charge in [0.25, 0.3) is 10.8 Å². The van der Waals surface area contributed by atoms with Crippen LogP contribution in [0.15, 0.2) is 60.7 Å². The van der Waals surface area contributed by atoms with E-state index in [0.717, 1.165) is 27.8 Å². The molecule has 1 unspecified atom stereocenters. The average molecular weight is 475 g/mol. The number of rotatable bonds is 3. The molecule has 1 fully saturated rings. The Balaban J connectivity index is 1.76. The molecule has 2 aliphatic rings. The van der Waals surface area contributed by atoms with Crippen molar-refractivity contribution in [3.8, 4) is 0 Å². The van der Waals surface area contributed by atoms with Crippen molar-refractivity contribution in [2.45, 2.75) is 39.1 Å². The molecule has 2 aliphatic heterocycles. The normalized spacial score (nSPS) is 20.9. The second kappa shape index (κ2) is 7.53. The number of benzene rings is 3. The van der Waals surface area contributed by atoms with Crippen molar-refractivity contribution in [2.75, 3.05) is 15.6 Å². The largest absolute Gasteiger partial charge is 0.304 e. The first kappa shape index (κ1) is 22.3. The molecule has 3 aromatic carbocycles. The number of hydrogen-bond acceptors (Lipinski definition) is 4. The van der Waals surface area contributed by atoms with Crippen LogP contribution in [-0.4, -0.2) is 26.0 Å². The molecule has 0 bridgehead atoms. The van der Waals surface area contributed by atoms with Gasteiger partial charge in [0, 0.05) is 11.3 Å². The lowest BCUT2D eigenvalue weighted by molar-refractivity contribution is -0.123. The van der Waals surface area contributed by atoms with Crippen LogP contribution >= 0.6 is 0 Å². The second-order valence-corrected chi connectivity index (χ2v) is 11.4. The Morgan fingerprint density at radius 3 is 2.24 bits per heavy atom. The predicted molar refractivity (Wildman–Crippen MR) is 132 cm³/mol. The zero-order valence-electron chi connectivity index (χ0n) is 19.6. The van der Waals surface area contributed by atoms with Crippen LogP contribution in [0.5, 0.6) is 0 Å². The highest BCUT2D eigenvalue weighted by Gasteiger charge is 2.69. The van der Waals surface area contributed by atoms with Gasteiger partial charge in [0.15, 0.2) is 9.84 Å². The third-order valence-corrected chi connectivity index (χ3v) is 8.82. The van der Waals surface area contributed by atoms with Crippen molar-refractivity contribution in [2.24, 2.45) is 0 Å². The summed E-state index contributed by atoms with van der Waals surface area (Å²) in [6.07, 6.45) is 0. The summed E-state index contributed by atoms with van der Waals surface area (Å²) in [6, 6.07) is 18.4. The van der Waals surface area contributed by atoms with E-state index in [1.165, 1.54) is 9.80 Å². The van der Waals surface area contributed by atoms with Crippen LogP contribution in [0.1, 0.15) is 33.4 Å². The van der Waals surface area contributed by atoms with Gasteiger partial charge in [0.2, 0.25) is 5.91 Å². The van der Waals surface area contributed by atoms with E-state index < -0.39 is 32.3 Å². The number of hydrogen-bond donors (Lipinski definition) is 0. The predicted octanol–water partition coefficient (Wildman–Crippen LogP) is 4.08. The molecule has 0 saturated carbocycles. The molecule has 1 atom stereocenters. The van der Waals surface area contributed by atoms with Gasteiger partial charge in [-0.05, 0) is 68.1 Å². The minimum Gasteiger partial charge on any atom is -0.304 e. The number of anilines is 2. The highest BCUT2D eigenvalue weighted by molar-refractivity contribution is 7.94. The van der Waals surface area contributed by atoms with Gasteiger partial charge in [-0.15, -0.1) is 0 Å². The Kier molecular flexibility index (Phi) is 4.95. The lowest BCUT2D eigenvalue weighted by Gasteiger charge is -2.33. The van der Waals surface area contributed by atoms with Crippen LogP contribution in [0, 0.1) is 27.7 Å². The Hall–Kier alpha value is -3.45. The fourth-order valence-corrected chi connectivity index (χ4v) is 7.30. The first-order chi connectivity index (χ1) is 16.1. The molecule has 0 radical (unpaired) electrons. The summed E-state index contributed by atoms with van der Waals surface area (Å²) in [5.74, 6) is -1.92. The second-order valence-electron chi connectivity index (χ2n) is 9.32. The van der Waals surface area contributed by atoms with Crippen LogP contribution in [0.3, 0.4) is 0 Å². The third-order valence-electron chi connectivity index (χ3n) is 6.72. The Bertz CT molecular complexity index is 1460. The molecule has 1 spiro atoms. The van der Waals surface area contributed by atoms with E-state index in [9.17, 15) is 18.0 Å². The van der Waals surface area contributed by atoms with Gasteiger partial charge in [-0.25, -0.2) is 8.42 Å². The summed E-state index contributed by atoms with van der Waals surface area (Å²) in [5, 5.41) is 0. The van der Waals surface area contributed by atoms with E-state index in [-0.39, 0.29) is 6.54 Å². The van der Waals surface area contributed by atoms with Gasteiger partial charge in [-0.1, -0.05) is 48.0 Å². The maximum absolute atomic E-state index is 14.3. The van der Waals surface area contributed by atoms with Crippen LogP contribution in [0.2, 0.25) is 0 Å². The monoisotopic (exact) mass is 474 g/mol. The summed E-state index contributed by atoms with van der Waals surface area (Å²) in [6.45, 7) is 7.93. The maximum Gasteiger partial charge on any atom is 0.274 e. The van der Waals surface area contributed by atoms with E-state index in [4.69, 9.17) is 0 Å². The van der Waals surface area contributed by atoms with Crippen LogP contribution in [0.25, 0.3) is 0 Å².